The number of carbonyl (C=O) groups is 1. The van der Waals surface area contributed by atoms with Crippen LogP contribution in [0.15, 0.2) is 18.2 Å². The summed E-state index contributed by atoms with van der Waals surface area (Å²) in [6, 6.07) is 5.83. The Morgan fingerprint density at radius 3 is 2.56 bits per heavy atom. The predicted octanol–water partition coefficient (Wildman–Crippen LogP) is 3.37. The Hall–Kier alpha value is -3.13. The van der Waals surface area contributed by atoms with Crippen LogP contribution in [0, 0.1) is 0 Å². The van der Waals surface area contributed by atoms with Crippen molar-refractivity contribution in [3.63, 3.8) is 0 Å². The van der Waals surface area contributed by atoms with Crippen LogP contribution >= 0.6 is 0 Å². The van der Waals surface area contributed by atoms with Crippen molar-refractivity contribution in [3.8, 4) is 28.7 Å². The van der Waals surface area contributed by atoms with Gasteiger partial charge in [-0.05, 0) is 30.2 Å². The first-order valence-corrected chi connectivity index (χ1v) is 10.7. The van der Waals surface area contributed by atoms with E-state index in [1.54, 1.807) is 21.3 Å². The summed E-state index contributed by atoms with van der Waals surface area (Å²) in [6.45, 7) is 4.75. The van der Waals surface area contributed by atoms with Gasteiger partial charge in [0.05, 0.1) is 33.0 Å². The maximum Gasteiger partial charge on any atom is 0.259 e. The number of hydrogen-bond acceptors (Lipinski definition) is 7. The van der Waals surface area contributed by atoms with Gasteiger partial charge in [-0.25, -0.2) is 0 Å². The molecule has 1 amide bonds. The monoisotopic (exact) mass is 439 g/mol. The molecule has 0 N–H and O–H groups in total. The highest BCUT2D eigenvalue weighted by Crippen LogP contribution is 2.68. The Labute approximate surface area is 185 Å². The highest BCUT2D eigenvalue weighted by atomic mass is 16.7. The fourth-order valence-electron chi connectivity index (χ4n) is 6.17. The summed E-state index contributed by atoms with van der Waals surface area (Å²) < 4.78 is 35.0. The Balaban J connectivity index is 1.67. The fraction of sp³-hybridized carbons (Fsp3) is 0.458. The van der Waals surface area contributed by atoms with Crippen molar-refractivity contribution < 1.29 is 33.2 Å². The third kappa shape index (κ3) is 2.04. The molecular weight excluding hydrogens is 414 g/mol. The number of rotatable bonds is 3. The van der Waals surface area contributed by atoms with Crippen molar-refractivity contribution >= 4 is 5.91 Å². The minimum absolute atomic E-state index is 0.0745. The van der Waals surface area contributed by atoms with E-state index in [0.29, 0.717) is 40.9 Å². The molecule has 1 saturated heterocycles. The van der Waals surface area contributed by atoms with E-state index in [9.17, 15) is 4.79 Å². The third-order valence-electron chi connectivity index (χ3n) is 7.37. The lowest BCUT2D eigenvalue weighted by Crippen LogP contribution is -2.56. The predicted molar refractivity (Wildman–Crippen MR) is 113 cm³/mol. The van der Waals surface area contributed by atoms with Crippen molar-refractivity contribution in [3.05, 3.63) is 40.5 Å². The van der Waals surface area contributed by atoms with Gasteiger partial charge in [0.1, 0.15) is 11.6 Å². The van der Waals surface area contributed by atoms with Crippen LogP contribution in [0.1, 0.15) is 52.9 Å². The van der Waals surface area contributed by atoms with Crippen LogP contribution in [0.2, 0.25) is 0 Å². The van der Waals surface area contributed by atoms with Crippen LogP contribution in [-0.2, 0) is 10.3 Å². The van der Waals surface area contributed by atoms with Crippen LogP contribution in [0.25, 0.3) is 0 Å². The molecule has 2 aromatic carbocycles. The van der Waals surface area contributed by atoms with Gasteiger partial charge in [0.15, 0.2) is 23.0 Å². The van der Waals surface area contributed by atoms with Gasteiger partial charge < -0.3 is 33.3 Å². The summed E-state index contributed by atoms with van der Waals surface area (Å²) in [7, 11) is 4.76. The van der Waals surface area contributed by atoms with Crippen LogP contribution < -0.4 is 23.7 Å². The van der Waals surface area contributed by atoms with E-state index in [2.05, 4.69) is 6.92 Å². The van der Waals surface area contributed by atoms with E-state index in [1.807, 2.05) is 30.0 Å². The summed E-state index contributed by atoms with van der Waals surface area (Å²) in [5, 5.41) is 0. The van der Waals surface area contributed by atoms with Crippen LogP contribution in [0.5, 0.6) is 28.7 Å². The highest BCUT2D eigenvalue weighted by Gasteiger charge is 2.67. The van der Waals surface area contributed by atoms with Crippen molar-refractivity contribution in [1.29, 1.82) is 0 Å². The molecule has 3 heterocycles. The molecule has 168 valence electrons. The lowest BCUT2D eigenvalue weighted by molar-refractivity contribution is -0.146. The standard InChI is InChI=1S/C24H25NO7/c1-11-9-25-23(26)18-14(6-7-15(27-3)19(18)28-4)24(25)12(2)13-8-16-20(31-10-30-16)21(29-5)17(13)22(24)32-11/h6-8,11-12,22H,9-10H2,1-5H3/t11-,12+,22+,24+/m1/s1. The Kier molecular flexibility index (Phi) is 3.94. The molecule has 1 aliphatic carbocycles. The minimum atomic E-state index is -0.733. The van der Waals surface area contributed by atoms with E-state index in [-0.39, 0.29) is 24.7 Å². The second-order valence-electron chi connectivity index (χ2n) is 8.66. The summed E-state index contributed by atoms with van der Waals surface area (Å²) in [6.07, 6.45) is -0.587. The van der Waals surface area contributed by atoms with Gasteiger partial charge in [0, 0.05) is 18.0 Å². The second-order valence-corrected chi connectivity index (χ2v) is 8.66. The minimum Gasteiger partial charge on any atom is -0.493 e. The molecule has 4 aliphatic rings. The summed E-state index contributed by atoms with van der Waals surface area (Å²) in [4.78, 5) is 15.8. The van der Waals surface area contributed by atoms with Gasteiger partial charge in [-0.15, -0.1) is 0 Å². The molecular formula is C24H25NO7. The van der Waals surface area contributed by atoms with E-state index >= 15 is 0 Å². The maximum atomic E-state index is 13.9. The number of nitrogens with zero attached hydrogens (tertiary/aromatic N) is 1. The van der Waals surface area contributed by atoms with Crippen LogP contribution in [0.3, 0.4) is 0 Å². The third-order valence-corrected chi connectivity index (χ3v) is 7.37. The molecule has 8 heteroatoms. The number of fused-ring (bicyclic) bond motifs is 4. The fourth-order valence-corrected chi connectivity index (χ4v) is 6.17. The number of ether oxygens (including phenoxy) is 6. The molecule has 1 spiro atoms. The number of morpholine rings is 1. The second kappa shape index (κ2) is 6.45. The molecule has 8 nitrogen and oxygen atoms in total. The van der Waals surface area contributed by atoms with Gasteiger partial charge >= 0.3 is 0 Å². The van der Waals surface area contributed by atoms with Gasteiger partial charge in [0.25, 0.3) is 5.91 Å². The zero-order chi connectivity index (χ0) is 22.4. The summed E-state index contributed by atoms with van der Waals surface area (Å²) in [5.74, 6) is 2.67. The first-order valence-electron chi connectivity index (χ1n) is 10.7. The number of hydrogen-bond donors (Lipinski definition) is 0. The largest absolute Gasteiger partial charge is 0.493 e. The van der Waals surface area contributed by atoms with Crippen molar-refractivity contribution in [2.24, 2.45) is 0 Å². The molecule has 1 fully saturated rings. The molecule has 0 aromatic heterocycles. The number of methoxy groups -OCH3 is 3. The SMILES string of the molecule is COc1ccc2c(c1OC)C(=O)N1C[C@@H](C)O[C@H]3c4c(cc5c(c4OC)OCO5)[C@H](C)[C@]231. The van der Waals surface area contributed by atoms with Gasteiger partial charge in [-0.2, -0.15) is 0 Å². The molecule has 0 radical (unpaired) electrons. The summed E-state index contributed by atoms with van der Waals surface area (Å²) >= 11 is 0. The van der Waals surface area contributed by atoms with E-state index in [0.717, 1.165) is 16.7 Å². The maximum absolute atomic E-state index is 13.9. The zero-order valence-electron chi connectivity index (χ0n) is 18.7. The molecule has 4 atom stereocenters. The molecule has 0 unspecified atom stereocenters. The van der Waals surface area contributed by atoms with Gasteiger partial charge in [0.2, 0.25) is 12.5 Å². The van der Waals surface area contributed by atoms with Gasteiger partial charge in [-0.1, -0.05) is 13.0 Å². The molecule has 32 heavy (non-hydrogen) atoms. The summed E-state index contributed by atoms with van der Waals surface area (Å²) in [5.41, 5.74) is 2.63. The molecule has 2 aromatic rings. The average Bonchev–Trinajstić information content (AvgIpc) is 3.44. The molecule has 3 aliphatic heterocycles. The van der Waals surface area contributed by atoms with Crippen LogP contribution in [0.4, 0.5) is 0 Å². The molecule has 0 saturated carbocycles. The Morgan fingerprint density at radius 1 is 1.06 bits per heavy atom. The smallest absolute Gasteiger partial charge is 0.259 e. The van der Waals surface area contributed by atoms with E-state index in [4.69, 9.17) is 28.4 Å². The van der Waals surface area contributed by atoms with E-state index in [1.165, 1.54) is 0 Å². The number of carbonyl (C=O) groups excluding carboxylic acids is 1. The first-order chi connectivity index (χ1) is 15.5. The van der Waals surface area contributed by atoms with Crippen molar-refractivity contribution in [1.82, 2.24) is 4.90 Å². The van der Waals surface area contributed by atoms with Gasteiger partial charge in [-0.3, -0.25) is 4.79 Å². The zero-order valence-corrected chi connectivity index (χ0v) is 18.7. The lowest BCUT2D eigenvalue weighted by atomic mass is 9.76. The molecule has 0 bridgehead atoms. The Morgan fingerprint density at radius 2 is 1.84 bits per heavy atom. The van der Waals surface area contributed by atoms with E-state index < -0.39 is 11.6 Å². The molecule has 6 rings (SSSR count). The van der Waals surface area contributed by atoms with Crippen molar-refractivity contribution in [2.45, 2.75) is 37.5 Å². The number of amides is 1. The lowest BCUT2D eigenvalue weighted by Gasteiger charge is -2.49. The van der Waals surface area contributed by atoms with Crippen molar-refractivity contribution in [2.75, 3.05) is 34.7 Å². The number of benzene rings is 2. The quantitative estimate of drug-likeness (QED) is 0.726. The Bertz CT molecular complexity index is 1160. The first kappa shape index (κ1) is 19.5. The van der Waals surface area contributed by atoms with Crippen LogP contribution in [-0.4, -0.2) is 51.6 Å². The average molecular weight is 439 g/mol. The highest BCUT2D eigenvalue weighted by molar-refractivity contribution is 6.04. The normalized spacial score (nSPS) is 28.7. The topological polar surface area (TPSA) is 75.7 Å².